The lowest BCUT2D eigenvalue weighted by Crippen LogP contribution is -2.37. The van der Waals surface area contributed by atoms with E-state index in [1.807, 2.05) is 0 Å². The number of rotatable bonds is 10. The number of hydrogen-bond donors (Lipinski definition) is 2. The zero-order valence-electron chi connectivity index (χ0n) is 21.8. The second-order valence-electron chi connectivity index (χ2n) is 8.72. The molecule has 16 heteroatoms. The van der Waals surface area contributed by atoms with E-state index in [4.69, 9.17) is 36.2 Å². The monoisotopic (exact) mass is 585 g/mol. The Morgan fingerprint density at radius 2 is 2.05 bits per heavy atom. The van der Waals surface area contributed by atoms with E-state index in [0.29, 0.717) is 49.9 Å². The molecule has 1 fully saturated rings. The molecule has 1 saturated heterocycles. The third-order valence-corrected chi connectivity index (χ3v) is 6.53. The number of nitrogen functional groups attached to an aromatic ring is 1. The van der Waals surface area contributed by atoms with Crippen molar-refractivity contribution in [3.05, 3.63) is 69.8 Å². The van der Waals surface area contributed by atoms with Gasteiger partial charge in [0, 0.05) is 30.8 Å². The highest BCUT2D eigenvalue weighted by Crippen LogP contribution is 2.32. The molecule has 41 heavy (non-hydrogen) atoms. The van der Waals surface area contributed by atoms with Crippen LogP contribution < -0.4 is 20.6 Å². The molecule has 3 heterocycles. The topological polar surface area (TPSA) is 168 Å². The largest absolute Gasteiger partial charge is 0.493 e. The van der Waals surface area contributed by atoms with Gasteiger partial charge in [-0.2, -0.15) is 9.78 Å². The normalized spacial score (nSPS) is 13.9. The molecule has 2 aromatic carbocycles. The van der Waals surface area contributed by atoms with Gasteiger partial charge >= 0.3 is 0 Å². The second kappa shape index (κ2) is 12.7. The fraction of sp³-hybridized carbons (Fsp3) is 0.280. The highest BCUT2D eigenvalue weighted by molar-refractivity contribution is 6.31. The number of ether oxygens (including phenoxy) is 3. The van der Waals surface area contributed by atoms with Crippen molar-refractivity contribution in [2.24, 2.45) is 5.10 Å². The van der Waals surface area contributed by atoms with E-state index in [0.717, 1.165) is 0 Å². The Balaban J connectivity index is 1.36. The Labute approximate surface area is 237 Å². The van der Waals surface area contributed by atoms with Crippen molar-refractivity contribution in [3.63, 3.8) is 0 Å². The number of carbonyl (C=O) groups excluding carboxylic acids is 1. The van der Waals surface area contributed by atoms with E-state index in [-0.39, 0.29) is 40.3 Å². The first-order valence-electron chi connectivity index (χ1n) is 12.4. The summed E-state index contributed by atoms with van der Waals surface area (Å²) in [6.45, 7) is 2.54. The molecule has 3 N–H and O–H groups in total. The Hall–Kier alpha value is -4.60. The molecular formula is C25H25ClFN9O5. The highest BCUT2D eigenvalue weighted by atomic mass is 35.5. The fourth-order valence-corrected chi connectivity index (χ4v) is 4.29. The average molecular weight is 586 g/mol. The van der Waals surface area contributed by atoms with E-state index in [1.54, 1.807) is 24.3 Å². The van der Waals surface area contributed by atoms with Crippen molar-refractivity contribution in [2.45, 2.75) is 13.2 Å². The Kier molecular flexibility index (Phi) is 8.67. The van der Waals surface area contributed by atoms with Crippen LogP contribution in [-0.2, 0) is 17.9 Å². The fourth-order valence-electron chi connectivity index (χ4n) is 4.08. The lowest BCUT2D eigenvalue weighted by molar-refractivity contribution is 0.0332. The summed E-state index contributed by atoms with van der Waals surface area (Å²) in [4.78, 5) is 15.2. The second-order valence-corrected chi connectivity index (χ2v) is 9.13. The number of benzene rings is 2. The van der Waals surface area contributed by atoms with Gasteiger partial charge < -0.3 is 19.9 Å². The Bertz CT molecular complexity index is 1530. The van der Waals surface area contributed by atoms with E-state index < -0.39 is 11.7 Å². The van der Waals surface area contributed by atoms with Gasteiger partial charge in [-0.15, -0.1) is 5.10 Å². The molecule has 0 aliphatic carbocycles. The van der Waals surface area contributed by atoms with Crippen LogP contribution >= 0.6 is 11.6 Å². The van der Waals surface area contributed by atoms with Crippen molar-refractivity contribution in [2.75, 3.05) is 39.1 Å². The Morgan fingerprint density at radius 1 is 1.24 bits per heavy atom. The minimum atomic E-state index is -0.630. The van der Waals surface area contributed by atoms with Crippen LogP contribution in [0.2, 0.25) is 5.02 Å². The number of carbonyl (C=O) groups is 1. The van der Waals surface area contributed by atoms with Gasteiger partial charge in [-0.25, -0.2) is 14.4 Å². The van der Waals surface area contributed by atoms with Gasteiger partial charge in [0.05, 0.1) is 37.3 Å². The molecule has 0 bridgehead atoms. The van der Waals surface area contributed by atoms with Gasteiger partial charge in [-0.1, -0.05) is 28.9 Å². The quantitative estimate of drug-likeness (QED) is 0.207. The lowest BCUT2D eigenvalue weighted by atomic mass is 10.2. The van der Waals surface area contributed by atoms with Gasteiger partial charge in [0.25, 0.3) is 5.91 Å². The number of nitrogens with zero attached hydrogens (tertiary/aromatic N) is 7. The number of para-hydroxylation sites is 1. The molecular weight excluding hydrogens is 561 g/mol. The van der Waals surface area contributed by atoms with E-state index in [1.165, 1.54) is 30.1 Å². The van der Waals surface area contributed by atoms with Crippen molar-refractivity contribution in [1.29, 1.82) is 0 Å². The van der Waals surface area contributed by atoms with Crippen LogP contribution in [0.4, 0.5) is 10.2 Å². The number of amides is 1. The summed E-state index contributed by atoms with van der Waals surface area (Å²) >= 11 is 6.14. The first-order chi connectivity index (χ1) is 20.0. The standard InChI is InChI=1S/C25H25ClFN9O5/c1-38-20-7-2-4-15(22(20)40-14-16-17(26)5-3-6-18(16)27)12-29-31-25(37)21-19(13-35-8-10-39-11-9-35)36(34-30-21)24-23(28)32-41-33-24/h2-7,12H,8-11,13-14H2,1H3,(H2,28,32)(H,31,37)/b29-12+. The summed E-state index contributed by atoms with van der Waals surface area (Å²) in [6.07, 6.45) is 1.37. The van der Waals surface area contributed by atoms with Crippen molar-refractivity contribution in [3.8, 4) is 17.3 Å². The van der Waals surface area contributed by atoms with Crippen molar-refractivity contribution < 1.29 is 28.0 Å². The average Bonchev–Trinajstić information content (AvgIpc) is 3.59. The maximum Gasteiger partial charge on any atom is 0.293 e. The molecule has 1 aliphatic heterocycles. The first-order valence-corrected chi connectivity index (χ1v) is 12.7. The molecule has 0 unspecified atom stereocenters. The summed E-state index contributed by atoms with van der Waals surface area (Å²) in [5.74, 6) is -0.377. The van der Waals surface area contributed by atoms with Crippen LogP contribution in [-0.4, -0.2) is 75.7 Å². The number of methoxy groups -OCH3 is 1. The number of aromatic nitrogens is 5. The summed E-state index contributed by atoms with van der Waals surface area (Å²) in [5, 5.41) is 19.8. The number of hydrogen-bond acceptors (Lipinski definition) is 12. The summed E-state index contributed by atoms with van der Waals surface area (Å²) < 4.78 is 37.0. The maximum absolute atomic E-state index is 14.3. The minimum Gasteiger partial charge on any atom is -0.493 e. The number of hydrazone groups is 1. The summed E-state index contributed by atoms with van der Waals surface area (Å²) in [7, 11) is 1.47. The molecule has 14 nitrogen and oxygen atoms in total. The molecule has 1 amide bonds. The Morgan fingerprint density at radius 3 is 2.78 bits per heavy atom. The van der Waals surface area contributed by atoms with Crippen molar-refractivity contribution >= 4 is 29.5 Å². The predicted molar refractivity (Wildman–Crippen MR) is 144 cm³/mol. The summed E-state index contributed by atoms with van der Waals surface area (Å²) in [5.41, 5.74) is 9.38. The zero-order valence-corrected chi connectivity index (χ0v) is 22.5. The molecule has 0 saturated carbocycles. The van der Waals surface area contributed by atoms with Gasteiger partial charge in [-0.05, 0) is 34.6 Å². The van der Waals surface area contributed by atoms with Gasteiger partial charge in [-0.3, -0.25) is 9.69 Å². The lowest BCUT2D eigenvalue weighted by Gasteiger charge is -2.26. The predicted octanol–water partition coefficient (Wildman–Crippen LogP) is 2.21. The number of anilines is 1. The molecule has 1 aliphatic rings. The molecule has 0 atom stereocenters. The summed E-state index contributed by atoms with van der Waals surface area (Å²) in [6, 6.07) is 9.45. The van der Waals surface area contributed by atoms with Crippen LogP contribution in [0.5, 0.6) is 11.5 Å². The number of halogens is 2. The van der Waals surface area contributed by atoms with Gasteiger partial charge in [0.2, 0.25) is 11.6 Å². The molecule has 4 aromatic rings. The van der Waals surface area contributed by atoms with E-state index in [9.17, 15) is 9.18 Å². The van der Waals surface area contributed by atoms with Gasteiger partial charge in [0.1, 0.15) is 12.4 Å². The zero-order chi connectivity index (χ0) is 28.8. The van der Waals surface area contributed by atoms with Crippen LogP contribution in [0.3, 0.4) is 0 Å². The smallest absolute Gasteiger partial charge is 0.293 e. The van der Waals surface area contributed by atoms with E-state index >= 15 is 0 Å². The molecule has 2 aromatic heterocycles. The molecule has 5 rings (SSSR count). The molecule has 0 spiro atoms. The van der Waals surface area contributed by atoms with Crippen LogP contribution in [0, 0.1) is 5.82 Å². The number of morpholine rings is 1. The SMILES string of the molecule is COc1cccc(/C=N/NC(=O)c2nnn(-c3nonc3N)c2CN2CCOCC2)c1OCc1c(F)cccc1Cl. The number of nitrogens with one attached hydrogen (secondary N) is 1. The third-order valence-electron chi connectivity index (χ3n) is 6.17. The third kappa shape index (κ3) is 6.26. The molecule has 214 valence electrons. The van der Waals surface area contributed by atoms with Crippen LogP contribution in [0.1, 0.15) is 27.3 Å². The van der Waals surface area contributed by atoms with Crippen LogP contribution in [0.15, 0.2) is 46.1 Å². The first kappa shape index (κ1) is 27.9. The molecule has 0 radical (unpaired) electrons. The van der Waals surface area contributed by atoms with Gasteiger partial charge in [0.15, 0.2) is 17.2 Å². The highest BCUT2D eigenvalue weighted by Gasteiger charge is 2.26. The minimum absolute atomic E-state index is 0.00681. The van der Waals surface area contributed by atoms with Crippen LogP contribution in [0.25, 0.3) is 5.82 Å². The maximum atomic E-state index is 14.3. The van der Waals surface area contributed by atoms with E-state index in [2.05, 4.69) is 36.1 Å². The number of nitrogens with two attached hydrogens (primary N) is 1. The van der Waals surface area contributed by atoms with Crippen molar-refractivity contribution in [1.82, 2.24) is 35.6 Å².